The predicted molar refractivity (Wildman–Crippen MR) is 99.7 cm³/mol. The molecule has 1 unspecified atom stereocenters. The van der Waals surface area contributed by atoms with Crippen LogP contribution in [0.15, 0.2) is 60.7 Å². The van der Waals surface area contributed by atoms with Gasteiger partial charge in [-0.2, -0.15) is 0 Å². The van der Waals surface area contributed by atoms with Crippen molar-refractivity contribution in [3.8, 4) is 11.8 Å². The van der Waals surface area contributed by atoms with E-state index in [2.05, 4.69) is 87.2 Å². The van der Waals surface area contributed by atoms with Crippen LogP contribution in [0.5, 0.6) is 0 Å². The lowest BCUT2D eigenvalue weighted by Crippen LogP contribution is -2.39. The molecule has 2 rings (SSSR count). The Balaban J connectivity index is 2.45. The zero-order valence-electron chi connectivity index (χ0n) is 14.0. The fourth-order valence-electron chi connectivity index (χ4n) is 3.27. The molecule has 0 aliphatic carbocycles. The fourth-order valence-corrected chi connectivity index (χ4v) is 7.28. The van der Waals surface area contributed by atoms with Crippen LogP contribution in [-0.4, -0.2) is 8.07 Å². The second-order valence-corrected chi connectivity index (χ2v) is 11.3. The maximum Gasteiger partial charge on any atom is 0.0752 e. The quantitative estimate of drug-likeness (QED) is 0.479. The van der Waals surface area contributed by atoms with Gasteiger partial charge in [-0.05, 0) is 17.7 Å². The Morgan fingerprint density at radius 3 is 1.77 bits per heavy atom. The molecule has 0 saturated heterocycles. The van der Waals surface area contributed by atoms with Crippen LogP contribution in [0.3, 0.4) is 0 Å². The van der Waals surface area contributed by atoms with Crippen LogP contribution in [0.1, 0.15) is 37.4 Å². The van der Waals surface area contributed by atoms with E-state index in [0.717, 1.165) is 5.56 Å². The molecular formula is C21H26Si. The van der Waals surface area contributed by atoms with E-state index in [1.54, 1.807) is 0 Å². The number of hydrogen-bond donors (Lipinski definition) is 0. The number of benzene rings is 2. The highest BCUT2D eigenvalue weighted by atomic mass is 28.3. The SMILES string of the molecule is CC[Si](CC)(CC)C(C#Cc1ccccc1)c1ccccc1. The molecule has 0 fully saturated rings. The largest absolute Gasteiger partial charge is 0.0929 e. The Bertz CT molecular complexity index is 607. The first-order chi connectivity index (χ1) is 10.8. The van der Waals surface area contributed by atoms with E-state index in [1.165, 1.54) is 23.7 Å². The summed E-state index contributed by atoms with van der Waals surface area (Å²) < 4.78 is 0. The molecule has 0 heterocycles. The molecule has 1 heteroatoms. The van der Waals surface area contributed by atoms with Gasteiger partial charge >= 0.3 is 0 Å². The Kier molecular flexibility index (Phi) is 6.04. The zero-order valence-corrected chi connectivity index (χ0v) is 15.0. The third-order valence-electron chi connectivity index (χ3n) is 4.99. The van der Waals surface area contributed by atoms with Gasteiger partial charge in [0.15, 0.2) is 0 Å². The van der Waals surface area contributed by atoms with Crippen LogP contribution < -0.4 is 0 Å². The Morgan fingerprint density at radius 1 is 0.773 bits per heavy atom. The molecule has 0 nitrogen and oxygen atoms in total. The van der Waals surface area contributed by atoms with Gasteiger partial charge in [-0.25, -0.2) is 0 Å². The van der Waals surface area contributed by atoms with Crippen LogP contribution in [0.4, 0.5) is 0 Å². The molecule has 22 heavy (non-hydrogen) atoms. The van der Waals surface area contributed by atoms with Crippen molar-refractivity contribution in [2.24, 2.45) is 0 Å². The predicted octanol–water partition coefficient (Wildman–Crippen LogP) is 5.87. The van der Waals surface area contributed by atoms with Gasteiger partial charge in [-0.15, -0.1) is 0 Å². The maximum absolute atomic E-state index is 3.66. The van der Waals surface area contributed by atoms with E-state index < -0.39 is 8.07 Å². The molecule has 0 aromatic heterocycles. The molecule has 0 bridgehead atoms. The monoisotopic (exact) mass is 306 g/mol. The van der Waals surface area contributed by atoms with Crippen molar-refractivity contribution in [2.45, 2.75) is 44.4 Å². The van der Waals surface area contributed by atoms with Crippen molar-refractivity contribution < 1.29 is 0 Å². The molecule has 0 aliphatic rings. The third kappa shape index (κ3) is 3.70. The van der Waals surface area contributed by atoms with Crippen molar-refractivity contribution in [1.82, 2.24) is 0 Å². The highest BCUT2D eigenvalue weighted by Gasteiger charge is 2.36. The Morgan fingerprint density at radius 2 is 1.27 bits per heavy atom. The van der Waals surface area contributed by atoms with Gasteiger partial charge in [0.25, 0.3) is 0 Å². The summed E-state index contributed by atoms with van der Waals surface area (Å²) in [5.74, 6) is 7.09. The highest BCUT2D eigenvalue weighted by molar-refractivity contribution is 6.81. The molecule has 0 saturated carbocycles. The molecule has 0 amide bonds. The van der Waals surface area contributed by atoms with Crippen LogP contribution in [0, 0.1) is 11.8 Å². The van der Waals surface area contributed by atoms with E-state index in [-0.39, 0.29) is 0 Å². The number of rotatable bonds is 5. The fraction of sp³-hybridized carbons (Fsp3) is 0.333. The molecule has 2 aromatic carbocycles. The minimum atomic E-state index is -1.42. The van der Waals surface area contributed by atoms with Gasteiger partial charge in [-0.1, -0.05) is 99.3 Å². The minimum Gasteiger partial charge on any atom is -0.0929 e. The van der Waals surface area contributed by atoms with Crippen molar-refractivity contribution in [3.63, 3.8) is 0 Å². The number of hydrogen-bond acceptors (Lipinski definition) is 0. The summed E-state index contributed by atoms with van der Waals surface area (Å²) in [6.45, 7) is 7.08. The second kappa shape index (κ2) is 8.01. The average Bonchev–Trinajstić information content (AvgIpc) is 2.61. The van der Waals surface area contributed by atoms with Gasteiger partial charge in [0.2, 0.25) is 0 Å². The van der Waals surface area contributed by atoms with Gasteiger partial charge < -0.3 is 0 Å². The molecule has 0 aliphatic heterocycles. The van der Waals surface area contributed by atoms with Gasteiger partial charge in [0, 0.05) is 11.1 Å². The van der Waals surface area contributed by atoms with E-state index in [0.29, 0.717) is 5.54 Å². The summed E-state index contributed by atoms with van der Waals surface area (Å²) in [5, 5.41) is 0. The first-order valence-corrected chi connectivity index (χ1v) is 11.1. The summed E-state index contributed by atoms with van der Waals surface area (Å²) in [4.78, 5) is 0. The van der Waals surface area contributed by atoms with Crippen LogP contribution in [0.25, 0.3) is 0 Å². The minimum absolute atomic E-state index is 0.425. The lowest BCUT2D eigenvalue weighted by molar-refractivity contribution is 1.04. The van der Waals surface area contributed by atoms with Crippen molar-refractivity contribution >= 4 is 8.07 Å². The topological polar surface area (TPSA) is 0 Å². The maximum atomic E-state index is 3.66. The second-order valence-electron chi connectivity index (χ2n) is 5.90. The first kappa shape index (κ1) is 16.6. The Hall–Kier alpha value is -1.78. The summed E-state index contributed by atoms with van der Waals surface area (Å²) in [6, 6.07) is 25.2. The van der Waals surface area contributed by atoms with E-state index in [1.807, 2.05) is 6.07 Å². The van der Waals surface area contributed by atoms with Crippen molar-refractivity contribution in [2.75, 3.05) is 0 Å². The zero-order chi connectivity index (χ0) is 15.8. The van der Waals surface area contributed by atoms with E-state index in [4.69, 9.17) is 0 Å². The van der Waals surface area contributed by atoms with Crippen LogP contribution in [0.2, 0.25) is 18.1 Å². The summed E-state index contributed by atoms with van der Waals surface area (Å²) in [7, 11) is -1.42. The summed E-state index contributed by atoms with van der Waals surface area (Å²) >= 11 is 0. The van der Waals surface area contributed by atoms with Gasteiger partial charge in [0.05, 0.1) is 8.07 Å². The molecule has 0 N–H and O–H groups in total. The smallest absolute Gasteiger partial charge is 0.0752 e. The average molecular weight is 307 g/mol. The van der Waals surface area contributed by atoms with E-state index >= 15 is 0 Å². The molecule has 0 spiro atoms. The normalized spacial score (nSPS) is 12.3. The van der Waals surface area contributed by atoms with Crippen LogP contribution >= 0.6 is 0 Å². The van der Waals surface area contributed by atoms with E-state index in [9.17, 15) is 0 Å². The molecular weight excluding hydrogens is 280 g/mol. The van der Waals surface area contributed by atoms with Gasteiger partial charge in [0.1, 0.15) is 0 Å². The first-order valence-electron chi connectivity index (χ1n) is 8.37. The standard InChI is InChI=1S/C21H26Si/c1-4-22(5-2,6-3)21(20-15-11-8-12-16-20)18-17-19-13-9-7-10-14-19/h7-16,21H,4-6H2,1-3H3. The summed E-state index contributed by atoms with van der Waals surface area (Å²) in [6.07, 6.45) is 0. The summed E-state index contributed by atoms with van der Waals surface area (Å²) in [5.41, 5.74) is 2.95. The van der Waals surface area contributed by atoms with Crippen molar-refractivity contribution in [3.05, 3.63) is 71.8 Å². The third-order valence-corrected chi connectivity index (χ3v) is 10.9. The van der Waals surface area contributed by atoms with Gasteiger partial charge in [-0.3, -0.25) is 0 Å². The Labute approximate surface area is 136 Å². The molecule has 114 valence electrons. The van der Waals surface area contributed by atoms with Crippen LogP contribution in [-0.2, 0) is 0 Å². The molecule has 2 aromatic rings. The molecule has 1 atom stereocenters. The van der Waals surface area contributed by atoms with Crippen molar-refractivity contribution in [1.29, 1.82) is 0 Å². The lowest BCUT2D eigenvalue weighted by atomic mass is 10.1. The highest BCUT2D eigenvalue weighted by Crippen LogP contribution is 2.35. The molecule has 0 radical (unpaired) electrons. The lowest BCUT2D eigenvalue weighted by Gasteiger charge is -2.34.